The zero-order chi connectivity index (χ0) is 25.3. The Labute approximate surface area is 193 Å². The van der Waals surface area contributed by atoms with Gasteiger partial charge in [0, 0.05) is 30.6 Å². The van der Waals surface area contributed by atoms with Crippen molar-refractivity contribution in [2.24, 2.45) is 0 Å². The Morgan fingerprint density at radius 1 is 1.03 bits per heavy atom. The number of benzene rings is 2. The van der Waals surface area contributed by atoms with Gasteiger partial charge in [-0.15, -0.1) is 0 Å². The molecular weight excluding hydrogens is 459 g/mol. The Hall–Kier alpha value is -3.17. The maximum absolute atomic E-state index is 13.6. The van der Waals surface area contributed by atoms with Crippen LogP contribution in [0.1, 0.15) is 54.6 Å². The minimum Gasteiger partial charge on any atom is -0.444 e. The highest BCUT2D eigenvalue weighted by atomic mass is 19.4. The number of halogens is 5. The second-order valence-electron chi connectivity index (χ2n) is 9.15. The number of amides is 2. The zero-order valence-electron chi connectivity index (χ0n) is 18.9. The van der Waals surface area contributed by atoms with Gasteiger partial charge in [0.25, 0.3) is 5.91 Å². The van der Waals surface area contributed by atoms with Crippen LogP contribution in [0.25, 0.3) is 0 Å². The van der Waals surface area contributed by atoms with Gasteiger partial charge in [-0.3, -0.25) is 4.79 Å². The van der Waals surface area contributed by atoms with Crippen LogP contribution in [0, 0.1) is 11.6 Å². The lowest BCUT2D eigenvalue weighted by atomic mass is 9.85. The van der Waals surface area contributed by atoms with Crippen molar-refractivity contribution in [1.82, 2.24) is 10.2 Å². The summed E-state index contributed by atoms with van der Waals surface area (Å²) in [4.78, 5) is 26.8. The first-order chi connectivity index (χ1) is 15.7. The molecule has 5 nitrogen and oxygen atoms in total. The first-order valence-corrected chi connectivity index (χ1v) is 10.7. The van der Waals surface area contributed by atoms with Crippen molar-refractivity contribution in [2.75, 3.05) is 13.1 Å². The summed E-state index contributed by atoms with van der Waals surface area (Å²) in [5.41, 5.74) is -1.96. The van der Waals surface area contributed by atoms with Crippen LogP contribution in [-0.4, -0.2) is 41.6 Å². The molecule has 0 saturated carbocycles. The molecule has 1 saturated heterocycles. The van der Waals surface area contributed by atoms with Crippen LogP contribution in [0.2, 0.25) is 0 Å². The van der Waals surface area contributed by atoms with E-state index in [4.69, 9.17) is 4.74 Å². The van der Waals surface area contributed by atoms with E-state index >= 15 is 0 Å². The number of alkyl halides is 3. The molecule has 1 aliphatic rings. The van der Waals surface area contributed by atoms with Crippen LogP contribution in [0.15, 0.2) is 42.5 Å². The number of piperidine rings is 1. The number of hydrogen-bond donors (Lipinski definition) is 1. The second-order valence-corrected chi connectivity index (χ2v) is 9.15. The molecule has 1 unspecified atom stereocenters. The normalized spacial score (nSPS) is 19.0. The predicted octanol–water partition coefficient (Wildman–Crippen LogP) is 5.51. The van der Waals surface area contributed by atoms with E-state index in [0.29, 0.717) is 17.7 Å². The van der Waals surface area contributed by atoms with Gasteiger partial charge in [-0.1, -0.05) is 12.1 Å². The third-order valence-corrected chi connectivity index (χ3v) is 5.41. The smallest absolute Gasteiger partial charge is 0.419 e. The highest BCUT2D eigenvalue weighted by molar-refractivity contribution is 5.94. The zero-order valence-corrected chi connectivity index (χ0v) is 18.9. The molecule has 1 heterocycles. The summed E-state index contributed by atoms with van der Waals surface area (Å²) in [6.07, 6.45) is -5.21. The summed E-state index contributed by atoms with van der Waals surface area (Å²) in [6, 6.07) is 7.01. The van der Waals surface area contributed by atoms with E-state index in [2.05, 4.69) is 5.32 Å². The van der Waals surface area contributed by atoms with Crippen molar-refractivity contribution in [2.45, 2.75) is 50.9 Å². The Balaban J connectivity index is 1.84. The largest absolute Gasteiger partial charge is 0.444 e. The van der Waals surface area contributed by atoms with Crippen molar-refractivity contribution >= 4 is 12.0 Å². The first-order valence-electron chi connectivity index (χ1n) is 10.7. The molecule has 2 aromatic carbocycles. The number of nitrogens with one attached hydrogen (secondary N) is 1. The third kappa shape index (κ3) is 6.24. The van der Waals surface area contributed by atoms with E-state index in [1.54, 1.807) is 20.8 Å². The van der Waals surface area contributed by atoms with Crippen molar-refractivity contribution in [3.8, 4) is 0 Å². The monoisotopic (exact) mass is 484 g/mol. The Morgan fingerprint density at radius 2 is 1.68 bits per heavy atom. The van der Waals surface area contributed by atoms with E-state index in [-0.39, 0.29) is 25.1 Å². The van der Waals surface area contributed by atoms with Crippen LogP contribution < -0.4 is 5.32 Å². The van der Waals surface area contributed by atoms with Crippen molar-refractivity contribution in [3.05, 3.63) is 70.8 Å². The summed E-state index contributed by atoms with van der Waals surface area (Å²) < 4.78 is 71.6. The van der Waals surface area contributed by atoms with Crippen LogP contribution in [-0.2, 0) is 10.9 Å². The number of carbonyl (C=O) groups excluding carboxylic acids is 2. The minimum atomic E-state index is -4.95. The molecule has 1 fully saturated rings. The summed E-state index contributed by atoms with van der Waals surface area (Å²) in [7, 11) is 0. The van der Waals surface area contributed by atoms with Crippen molar-refractivity contribution < 1.29 is 36.3 Å². The number of rotatable bonds is 3. The molecular formula is C24H25F5N2O3. The van der Waals surface area contributed by atoms with Gasteiger partial charge in [0.15, 0.2) is 0 Å². The van der Waals surface area contributed by atoms with Gasteiger partial charge in [0.2, 0.25) is 0 Å². The SMILES string of the molecule is CC(C)(C)OC(=O)N1CCC(NC(=O)c2ccc(F)c(C(F)(F)F)c2)[C@H](c2ccc(F)cc2)C1. The maximum atomic E-state index is 13.6. The van der Waals surface area contributed by atoms with Crippen LogP contribution in [0.5, 0.6) is 0 Å². The van der Waals surface area contributed by atoms with E-state index in [1.165, 1.54) is 29.2 Å². The quantitative estimate of drug-likeness (QED) is 0.585. The standard InChI is InChI=1S/C24H25F5N2O3/c1-23(2,3)34-22(33)31-11-10-20(17(13-31)14-4-7-16(25)8-5-14)30-21(32)15-6-9-19(26)18(12-15)24(27,28)29/h4-9,12,17,20H,10-11,13H2,1-3H3,(H,30,32)/t17-,20?/m0/s1. The molecule has 0 aliphatic carbocycles. The fraction of sp³-hybridized carbons (Fsp3) is 0.417. The first kappa shape index (κ1) is 25.5. The minimum absolute atomic E-state index is 0.142. The molecule has 1 aliphatic heterocycles. The average Bonchev–Trinajstić information content (AvgIpc) is 2.73. The molecule has 34 heavy (non-hydrogen) atoms. The fourth-order valence-electron chi connectivity index (χ4n) is 3.80. The van der Waals surface area contributed by atoms with Gasteiger partial charge in [-0.05, 0) is 63.1 Å². The molecule has 2 atom stereocenters. The molecule has 2 aromatic rings. The maximum Gasteiger partial charge on any atom is 0.419 e. The number of ether oxygens (including phenoxy) is 1. The van der Waals surface area contributed by atoms with Crippen molar-refractivity contribution in [3.63, 3.8) is 0 Å². The lowest BCUT2D eigenvalue weighted by Crippen LogP contribution is -2.52. The lowest BCUT2D eigenvalue weighted by molar-refractivity contribution is -0.140. The average molecular weight is 484 g/mol. The van der Waals surface area contributed by atoms with Crippen molar-refractivity contribution in [1.29, 1.82) is 0 Å². The molecule has 3 rings (SSSR count). The highest BCUT2D eigenvalue weighted by Gasteiger charge is 2.37. The third-order valence-electron chi connectivity index (χ3n) is 5.41. The molecule has 0 spiro atoms. The Morgan fingerprint density at radius 3 is 2.26 bits per heavy atom. The fourth-order valence-corrected chi connectivity index (χ4v) is 3.80. The van der Waals surface area contributed by atoms with E-state index in [0.717, 1.165) is 6.07 Å². The summed E-state index contributed by atoms with van der Waals surface area (Å²) in [5.74, 6) is -3.23. The molecule has 1 N–H and O–H groups in total. The van der Waals surface area contributed by atoms with Gasteiger partial charge in [0.1, 0.15) is 17.2 Å². The van der Waals surface area contributed by atoms with Crippen LogP contribution >= 0.6 is 0 Å². The number of hydrogen-bond acceptors (Lipinski definition) is 3. The van der Waals surface area contributed by atoms with Gasteiger partial charge in [-0.2, -0.15) is 13.2 Å². The number of likely N-dealkylation sites (tertiary alicyclic amines) is 1. The van der Waals surface area contributed by atoms with E-state index in [9.17, 15) is 31.5 Å². The second kappa shape index (κ2) is 9.60. The number of carbonyl (C=O) groups is 2. The summed E-state index contributed by atoms with van der Waals surface area (Å²) >= 11 is 0. The Bertz CT molecular complexity index is 1050. The topological polar surface area (TPSA) is 58.6 Å². The van der Waals surface area contributed by atoms with E-state index < -0.39 is 52.9 Å². The molecule has 0 bridgehead atoms. The highest BCUT2D eigenvalue weighted by Crippen LogP contribution is 2.33. The predicted molar refractivity (Wildman–Crippen MR) is 114 cm³/mol. The van der Waals surface area contributed by atoms with Gasteiger partial charge in [-0.25, -0.2) is 13.6 Å². The summed E-state index contributed by atoms with van der Waals surface area (Å²) in [6.45, 7) is 5.56. The van der Waals surface area contributed by atoms with E-state index in [1.807, 2.05) is 0 Å². The lowest BCUT2D eigenvalue weighted by Gasteiger charge is -2.39. The summed E-state index contributed by atoms with van der Waals surface area (Å²) in [5, 5.41) is 2.70. The Kier molecular flexibility index (Phi) is 7.18. The molecule has 0 aromatic heterocycles. The molecule has 10 heteroatoms. The van der Waals surface area contributed by atoms with Crippen LogP contribution in [0.3, 0.4) is 0 Å². The molecule has 184 valence electrons. The molecule has 0 radical (unpaired) electrons. The van der Waals surface area contributed by atoms with Gasteiger partial charge in [0.05, 0.1) is 5.56 Å². The molecule has 2 amide bonds. The van der Waals surface area contributed by atoms with Crippen LogP contribution in [0.4, 0.5) is 26.7 Å². The van der Waals surface area contributed by atoms with Gasteiger partial charge < -0.3 is 15.0 Å². The van der Waals surface area contributed by atoms with Gasteiger partial charge >= 0.3 is 12.3 Å². The number of nitrogens with zero attached hydrogens (tertiary/aromatic N) is 1.